The summed E-state index contributed by atoms with van der Waals surface area (Å²) >= 11 is 0. The Balaban J connectivity index is 0.000000251. The second-order valence-corrected chi connectivity index (χ2v) is 16.1. The molecule has 2 aliphatic heterocycles. The van der Waals surface area contributed by atoms with Crippen molar-refractivity contribution in [1.29, 1.82) is 0 Å². The van der Waals surface area contributed by atoms with Gasteiger partial charge < -0.3 is 31.9 Å². The van der Waals surface area contributed by atoms with Crippen LogP contribution in [0.1, 0.15) is 134 Å². The summed E-state index contributed by atoms with van der Waals surface area (Å²) in [7, 11) is 0. The maximum absolute atomic E-state index is 13.0. The Morgan fingerprint density at radius 3 is 1.62 bits per heavy atom. The number of carbonyl (C=O) groups excluding carboxylic acids is 4. The van der Waals surface area contributed by atoms with E-state index in [4.69, 9.17) is 11.5 Å². The van der Waals surface area contributed by atoms with Gasteiger partial charge in [-0.3, -0.25) is 19.2 Å². The minimum atomic E-state index is -0.343. The SMILES string of the molecule is NCCCCCNC(=O)C1CCCCN1C(=O)CCCC1CCCCC1.NCCCCCNC(=O)C1CCCCN1C(=O)Cc1ccc(-c2ccccc2)cc1. The van der Waals surface area contributed by atoms with Crippen LogP contribution in [0.4, 0.5) is 0 Å². The molecule has 2 heterocycles. The van der Waals surface area contributed by atoms with Gasteiger partial charge in [-0.15, -0.1) is 0 Å². The number of nitrogens with two attached hydrogens (primary N) is 2. The zero-order valence-electron chi connectivity index (χ0n) is 34.2. The third kappa shape index (κ3) is 15.6. The Labute approximate surface area is 337 Å². The fourth-order valence-electron chi connectivity index (χ4n) is 8.44. The Hall–Kier alpha value is -3.76. The first-order valence-electron chi connectivity index (χ1n) is 22.1. The van der Waals surface area contributed by atoms with Gasteiger partial charge in [0, 0.05) is 32.6 Å². The monoisotopic (exact) mass is 773 g/mol. The number of nitrogens with zero attached hydrogens (tertiary/aromatic N) is 2. The van der Waals surface area contributed by atoms with Gasteiger partial charge in [-0.25, -0.2) is 0 Å². The van der Waals surface area contributed by atoms with Crippen molar-refractivity contribution in [1.82, 2.24) is 20.4 Å². The lowest BCUT2D eigenvalue weighted by atomic mass is 9.85. The molecule has 6 N–H and O–H groups in total. The fourth-order valence-corrected chi connectivity index (χ4v) is 8.44. The smallest absolute Gasteiger partial charge is 0.242 e. The predicted molar refractivity (Wildman–Crippen MR) is 227 cm³/mol. The summed E-state index contributed by atoms with van der Waals surface area (Å²) < 4.78 is 0. The first-order valence-corrected chi connectivity index (χ1v) is 22.1. The summed E-state index contributed by atoms with van der Waals surface area (Å²) in [5.41, 5.74) is 14.3. The van der Waals surface area contributed by atoms with Crippen molar-refractivity contribution in [2.75, 3.05) is 39.3 Å². The van der Waals surface area contributed by atoms with E-state index in [-0.39, 0.29) is 35.7 Å². The van der Waals surface area contributed by atoms with Crippen LogP contribution in [0.2, 0.25) is 0 Å². The Morgan fingerprint density at radius 2 is 1.07 bits per heavy atom. The van der Waals surface area contributed by atoms with E-state index in [1.54, 1.807) is 4.90 Å². The average Bonchev–Trinajstić information content (AvgIpc) is 3.24. The molecule has 1 aliphatic carbocycles. The molecule has 3 aliphatic rings. The van der Waals surface area contributed by atoms with Crippen LogP contribution in [0.15, 0.2) is 54.6 Å². The molecule has 2 unspecified atom stereocenters. The van der Waals surface area contributed by atoms with Gasteiger partial charge in [-0.1, -0.05) is 99.5 Å². The summed E-state index contributed by atoms with van der Waals surface area (Å²) in [6.45, 7) is 4.14. The molecule has 5 rings (SSSR count). The lowest BCUT2D eigenvalue weighted by molar-refractivity contribution is -0.142. The molecular formula is C46H72N6O4. The van der Waals surface area contributed by atoms with Crippen LogP contribution in [-0.2, 0) is 25.6 Å². The highest BCUT2D eigenvalue weighted by molar-refractivity contribution is 5.89. The van der Waals surface area contributed by atoms with E-state index in [9.17, 15) is 19.2 Å². The fraction of sp³-hybridized carbons (Fsp3) is 0.652. The highest BCUT2D eigenvalue weighted by Crippen LogP contribution is 2.28. The molecule has 0 radical (unpaired) electrons. The predicted octanol–water partition coefficient (Wildman–Crippen LogP) is 6.89. The minimum absolute atomic E-state index is 0.0183. The van der Waals surface area contributed by atoms with E-state index >= 15 is 0 Å². The highest BCUT2D eigenvalue weighted by Gasteiger charge is 2.33. The first-order chi connectivity index (χ1) is 27.4. The van der Waals surface area contributed by atoms with Crippen LogP contribution >= 0.6 is 0 Å². The van der Waals surface area contributed by atoms with Gasteiger partial charge in [0.25, 0.3) is 0 Å². The molecule has 2 aromatic carbocycles. The number of rotatable bonds is 19. The van der Waals surface area contributed by atoms with Crippen molar-refractivity contribution in [3.05, 3.63) is 60.2 Å². The van der Waals surface area contributed by atoms with Crippen LogP contribution in [0.25, 0.3) is 11.1 Å². The molecule has 3 fully saturated rings. The summed E-state index contributed by atoms with van der Waals surface area (Å²) in [5.74, 6) is 1.06. The van der Waals surface area contributed by atoms with E-state index in [2.05, 4.69) is 34.9 Å². The molecule has 2 saturated heterocycles. The number of benzene rings is 2. The van der Waals surface area contributed by atoms with Crippen molar-refractivity contribution in [2.45, 2.75) is 147 Å². The molecular weight excluding hydrogens is 701 g/mol. The molecule has 310 valence electrons. The minimum Gasteiger partial charge on any atom is -0.354 e. The molecule has 4 amide bonds. The Morgan fingerprint density at radius 1 is 0.554 bits per heavy atom. The van der Waals surface area contributed by atoms with E-state index in [0.29, 0.717) is 45.6 Å². The molecule has 0 spiro atoms. The van der Waals surface area contributed by atoms with Gasteiger partial charge in [0.2, 0.25) is 23.6 Å². The Bertz CT molecular complexity index is 1430. The highest BCUT2D eigenvalue weighted by atomic mass is 16.2. The normalized spacial score (nSPS) is 18.8. The van der Waals surface area contributed by atoms with E-state index in [0.717, 1.165) is 113 Å². The molecule has 0 aromatic heterocycles. The van der Waals surface area contributed by atoms with Crippen molar-refractivity contribution in [3.8, 4) is 11.1 Å². The van der Waals surface area contributed by atoms with E-state index in [1.165, 1.54) is 38.5 Å². The summed E-state index contributed by atoms with van der Waals surface area (Å²) in [5, 5.41) is 6.04. The standard InChI is InChI=1S/C25H33N3O2.C21H39N3O2/c26-16-6-2-7-17-27-25(30)23-11-5-8-18-28(23)24(29)19-20-12-14-22(15-13-20)21-9-3-1-4-10-21;22-15-6-2-7-16-23-21(26)19-13-5-8-17-24(19)20(25)14-9-12-18-10-3-1-4-11-18/h1,3-4,9-10,12-15,23H,2,5-8,11,16-19,26H2,(H,27,30);18-19H,1-17,22H2,(H,23,26). The van der Waals surface area contributed by atoms with E-state index in [1.807, 2.05) is 35.2 Å². The summed E-state index contributed by atoms with van der Waals surface area (Å²) in [6, 6.07) is 17.7. The summed E-state index contributed by atoms with van der Waals surface area (Å²) in [4.78, 5) is 54.5. The van der Waals surface area contributed by atoms with Crippen molar-refractivity contribution >= 4 is 23.6 Å². The Kier molecular flexibility index (Phi) is 21.0. The van der Waals surface area contributed by atoms with Gasteiger partial charge >= 0.3 is 0 Å². The van der Waals surface area contributed by atoms with Gasteiger partial charge in [0.05, 0.1) is 6.42 Å². The average molecular weight is 773 g/mol. The second-order valence-electron chi connectivity index (χ2n) is 16.1. The molecule has 2 aromatic rings. The van der Waals surface area contributed by atoms with Crippen LogP contribution in [0, 0.1) is 5.92 Å². The quantitative estimate of drug-likeness (QED) is 0.114. The zero-order valence-corrected chi connectivity index (χ0v) is 34.2. The molecule has 1 saturated carbocycles. The number of hydrogen-bond acceptors (Lipinski definition) is 6. The van der Waals surface area contributed by atoms with Gasteiger partial charge in [-0.05, 0) is 113 Å². The molecule has 0 bridgehead atoms. The number of hydrogen-bond donors (Lipinski definition) is 4. The van der Waals surface area contributed by atoms with Gasteiger partial charge in [0.1, 0.15) is 12.1 Å². The third-order valence-electron chi connectivity index (χ3n) is 11.8. The van der Waals surface area contributed by atoms with E-state index < -0.39 is 0 Å². The molecule has 56 heavy (non-hydrogen) atoms. The van der Waals surface area contributed by atoms with Gasteiger partial charge in [0.15, 0.2) is 0 Å². The lowest BCUT2D eigenvalue weighted by Crippen LogP contribution is -2.52. The van der Waals surface area contributed by atoms with Crippen molar-refractivity contribution in [2.24, 2.45) is 17.4 Å². The third-order valence-corrected chi connectivity index (χ3v) is 11.8. The number of unbranched alkanes of at least 4 members (excludes halogenated alkanes) is 4. The molecule has 2 atom stereocenters. The van der Waals surface area contributed by atoms with Crippen molar-refractivity contribution in [3.63, 3.8) is 0 Å². The topological polar surface area (TPSA) is 151 Å². The number of likely N-dealkylation sites (tertiary alicyclic amines) is 2. The maximum atomic E-state index is 13.0. The summed E-state index contributed by atoms with van der Waals surface area (Å²) in [6.07, 6.45) is 21.4. The zero-order chi connectivity index (χ0) is 39.8. The van der Waals surface area contributed by atoms with Crippen LogP contribution < -0.4 is 22.1 Å². The van der Waals surface area contributed by atoms with Gasteiger partial charge in [-0.2, -0.15) is 0 Å². The first kappa shape index (κ1) is 44.9. The second kappa shape index (κ2) is 26.2. The number of nitrogens with one attached hydrogen (secondary N) is 2. The number of piperidine rings is 2. The lowest BCUT2D eigenvalue weighted by Gasteiger charge is -2.35. The maximum Gasteiger partial charge on any atom is 0.242 e. The van der Waals surface area contributed by atoms with Crippen molar-refractivity contribution < 1.29 is 19.2 Å². The van der Waals surface area contributed by atoms with Crippen LogP contribution in [-0.4, -0.2) is 84.8 Å². The van der Waals surface area contributed by atoms with Crippen LogP contribution in [0.3, 0.4) is 0 Å². The largest absolute Gasteiger partial charge is 0.354 e. The van der Waals surface area contributed by atoms with Crippen LogP contribution in [0.5, 0.6) is 0 Å². The number of carbonyl (C=O) groups is 4. The molecule has 10 nitrogen and oxygen atoms in total. The molecule has 10 heteroatoms. The number of amides is 4.